The van der Waals surface area contributed by atoms with Crippen LogP contribution in [0.15, 0.2) is 22.5 Å². The van der Waals surface area contributed by atoms with Gasteiger partial charge in [-0.1, -0.05) is 25.0 Å². The van der Waals surface area contributed by atoms with Gasteiger partial charge in [-0.25, -0.2) is 0 Å². The van der Waals surface area contributed by atoms with E-state index in [-0.39, 0.29) is 11.3 Å². The second kappa shape index (κ2) is 10.8. The van der Waals surface area contributed by atoms with E-state index in [1.807, 2.05) is 13.8 Å². The van der Waals surface area contributed by atoms with Crippen molar-refractivity contribution in [3.05, 3.63) is 44.9 Å². The van der Waals surface area contributed by atoms with Gasteiger partial charge in [0.1, 0.15) is 5.56 Å². The number of likely N-dealkylation sites (tertiary alicyclic amines) is 1. The van der Waals surface area contributed by atoms with E-state index in [0.29, 0.717) is 18.5 Å². The van der Waals surface area contributed by atoms with Gasteiger partial charge >= 0.3 is 0 Å². The second-order valence-corrected chi connectivity index (χ2v) is 8.49. The lowest BCUT2D eigenvalue weighted by Gasteiger charge is -2.28. The molecule has 5 heteroatoms. The molecule has 1 saturated heterocycles. The first-order chi connectivity index (χ1) is 14.1. The summed E-state index contributed by atoms with van der Waals surface area (Å²) in [6, 6.07) is 1.63. The molecule has 0 aromatic carbocycles. The van der Waals surface area contributed by atoms with Crippen LogP contribution in [0.2, 0.25) is 0 Å². The number of amides is 1. The molecule has 0 saturated carbocycles. The van der Waals surface area contributed by atoms with Crippen molar-refractivity contribution in [2.75, 3.05) is 26.2 Å². The average molecular weight is 400 g/mol. The molecule has 1 aliphatic carbocycles. The zero-order valence-corrected chi connectivity index (χ0v) is 18.3. The van der Waals surface area contributed by atoms with Gasteiger partial charge in [-0.05, 0) is 71.4 Å². The number of aromatic nitrogens is 1. The highest BCUT2D eigenvalue weighted by Gasteiger charge is 2.20. The second-order valence-electron chi connectivity index (χ2n) is 8.49. The molecule has 0 atom stereocenters. The smallest absolute Gasteiger partial charge is 0.257 e. The van der Waals surface area contributed by atoms with E-state index in [9.17, 15) is 9.59 Å². The number of carbonyl (C=O) groups is 1. The Hall–Kier alpha value is -1.88. The zero-order chi connectivity index (χ0) is 20.6. The summed E-state index contributed by atoms with van der Waals surface area (Å²) in [5.41, 5.74) is 3.46. The molecule has 1 aromatic rings. The van der Waals surface area contributed by atoms with E-state index >= 15 is 0 Å². The maximum absolute atomic E-state index is 12.9. The minimum atomic E-state index is -0.213. The molecule has 160 valence electrons. The Bertz CT molecular complexity index is 788. The van der Waals surface area contributed by atoms with E-state index in [4.69, 9.17) is 0 Å². The number of hydrogen-bond donors (Lipinski definition) is 1. The topological polar surface area (TPSA) is 54.3 Å². The third-order valence-corrected chi connectivity index (χ3v) is 6.39. The molecule has 5 nitrogen and oxygen atoms in total. The summed E-state index contributed by atoms with van der Waals surface area (Å²) in [5, 5.41) is 3.01. The quantitative estimate of drug-likeness (QED) is 0.676. The van der Waals surface area contributed by atoms with Gasteiger partial charge in [-0.15, -0.1) is 0 Å². The van der Waals surface area contributed by atoms with Crippen LogP contribution in [0.1, 0.15) is 80.0 Å². The Kier molecular flexibility index (Phi) is 8.10. The Labute approximate surface area is 175 Å². The van der Waals surface area contributed by atoms with E-state index in [2.05, 4.69) is 20.9 Å². The van der Waals surface area contributed by atoms with Gasteiger partial charge in [0, 0.05) is 37.1 Å². The summed E-state index contributed by atoms with van der Waals surface area (Å²) in [7, 11) is 0. The molecule has 1 aliphatic heterocycles. The predicted octanol–water partition coefficient (Wildman–Crippen LogP) is 3.83. The molecule has 0 unspecified atom stereocenters. The lowest BCUT2D eigenvalue weighted by molar-refractivity contribution is 0.0950. The van der Waals surface area contributed by atoms with Crippen molar-refractivity contribution in [2.24, 2.45) is 0 Å². The molecule has 0 bridgehead atoms. The summed E-state index contributed by atoms with van der Waals surface area (Å²) in [5.74, 6) is -0.213. The summed E-state index contributed by atoms with van der Waals surface area (Å²) < 4.78 is 2.19. The Morgan fingerprint density at radius 1 is 1.10 bits per heavy atom. The van der Waals surface area contributed by atoms with Gasteiger partial charge in [-0.2, -0.15) is 0 Å². The maximum Gasteiger partial charge on any atom is 0.257 e. The van der Waals surface area contributed by atoms with Crippen LogP contribution in [0.3, 0.4) is 0 Å². The van der Waals surface area contributed by atoms with Crippen LogP contribution in [0.5, 0.6) is 0 Å². The number of hydrogen-bond acceptors (Lipinski definition) is 3. The Balaban J connectivity index is 1.70. The van der Waals surface area contributed by atoms with Gasteiger partial charge in [-0.3, -0.25) is 9.59 Å². The van der Waals surface area contributed by atoms with Gasteiger partial charge in [0.2, 0.25) is 0 Å². The first-order valence-corrected chi connectivity index (χ1v) is 11.5. The molecular weight excluding hydrogens is 362 g/mol. The average Bonchev–Trinajstić information content (AvgIpc) is 2.74. The number of nitrogens with zero attached hydrogens (tertiary/aromatic N) is 2. The summed E-state index contributed by atoms with van der Waals surface area (Å²) in [6.07, 6.45) is 12.6. The van der Waals surface area contributed by atoms with Crippen LogP contribution < -0.4 is 10.7 Å². The number of allylic oxidation sites excluding steroid dienone is 1. The van der Waals surface area contributed by atoms with Crippen LogP contribution in [0.25, 0.3) is 0 Å². The molecule has 1 amide bonds. The molecule has 29 heavy (non-hydrogen) atoms. The highest BCUT2D eigenvalue weighted by atomic mass is 16.2. The van der Waals surface area contributed by atoms with Crippen LogP contribution in [0, 0.1) is 6.92 Å². The fourth-order valence-corrected chi connectivity index (χ4v) is 4.73. The van der Waals surface area contributed by atoms with E-state index in [0.717, 1.165) is 56.8 Å². The lowest BCUT2D eigenvalue weighted by Crippen LogP contribution is -2.36. The summed E-state index contributed by atoms with van der Waals surface area (Å²) in [6.45, 7) is 8.75. The molecule has 1 N–H and O–H groups in total. The molecular formula is C24H37N3O2. The molecule has 3 rings (SSSR count). The van der Waals surface area contributed by atoms with Crippen LogP contribution in [-0.2, 0) is 13.0 Å². The largest absolute Gasteiger partial charge is 0.352 e. The summed E-state index contributed by atoms with van der Waals surface area (Å²) >= 11 is 0. The third-order valence-electron chi connectivity index (χ3n) is 6.39. The third kappa shape index (κ3) is 5.81. The normalized spacial score (nSPS) is 17.8. The van der Waals surface area contributed by atoms with E-state index in [1.54, 1.807) is 6.07 Å². The summed E-state index contributed by atoms with van der Waals surface area (Å²) in [4.78, 5) is 28.1. The standard InChI is InChI=1S/C24H37N3O2/c1-3-21-23(24(29)25-13-12-20-10-6-4-7-11-20)22(28)18-19(2)27(21)17-16-26-14-8-5-9-15-26/h10,18H,3-9,11-17H2,1-2H3,(H,25,29). The number of piperidine rings is 1. The fourth-order valence-electron chi connectivity index (χ4n) is 4.73. The van der Waals surface area contributed by atoms with Crippen molar-refractivity contribution in [1.82, 2.24) is 14.8 Å². The minimum absolute atomic E-state index is 0.150. The number of carbonyl (C=O) groups excluding carboxylic acids is 1. The number of nitrogens with one attached hydrogen (secondary N) is 1. The van der Waals surface area contributed by atoms with Crippen molar-refractivity contribution in [2.45, 2.75) is 78.2 Å². The molecule has 1 fully saturated rings. The SMILES string of the molecule is CCc1c(C(=O)NCCC2=CCCCC2)c(=O)cc(C)n1CCN1CCCCC1. The fraction of sp³-hybridized carbons (Fsp3) is 0.667. The monoisotopic (exact) mass is 399 g/mol. The zero-order valence-electron chi connectivity index (χ0n) is 18.3. The minimum Gasteiger partial charge on any atom is -0.352 e. The number of aryl methyl sites for hydroxylation is 1. The number of pyridine rings is 1. The van der Waals surface area contributed by atoms with E-state index < -0.39 is 0 Å². The van der Waals surface area contributed by atoms with Crippen LogP contribution in [-0.4, -0.2) is 41.6 Å². The highest BCUT2D eigenvalue weighted by molar-refractivity contribution is 5.95. The lowest BCUT2D eigenvalue weighted by atomic mass is 9.97. The van der Waals surface area contributed by atoms with Crippen molar-refractivity contribution in [1.29, 1.82) is 0 Å². The van der Waals surface area contributed by atoms with Gasteiger partial charge in [0.15, 0.2) is 5.43 Å². The molecule has 2 aliphatic rings. The van der Waals surface area contributed by atoms with E-state index in [1.165, 1.54) is 37.7 Å². The molecule has 2 heterocycles. The van der Waals surface area contributed by atoms with Crippen molar-refractivity contribution in [3.63, 3.8) is 0 Å². The van der Waals surface area contributed by atoms with Crippen LogP contribution >= 0.6 is 0 Å². The Morgan fingerprint density at radius 2 is 1.90 bits per heavy atom. The number of rotatable bonds is 8. The molecule has 0 spiro atoms. The van der Waals surface area contributed by atoms with Crippen molar-refractivity contribution < 1.29 is 4.79 Å². The molecule has 1 aromatic heterocycles. The molecule has 0 radical (unpaired) electrons. The van der Waals surface area contributed by atoms with Gasteiger partial charge in [0.25, 0.3) is 5.91 Å². The van der Waals surface area contributed by atoms with Crippen molar-refractivity contribution >= 4 is 5.91 Å². The van der Waals surface area contributed by atoms with Gasteiger partial charge in [0.05, 0.1) is 0 Å². The predicted molar refractivity (Wildman–Crippen MR) is 119 cm³/mol. The van der Waals surface area contributed by atoms with Crippen LogP contribution in [0.4, 0.5) is 0 Å². The van der Waals surface area contributed by atoms with Gasteiger partial charge < -0.3 is 14.8 Å². The van der Waals surface area contributed by atoms with Crippen molar-refractivity contribution in [3.8, 4) is 0 Å². The highest BCUT2D eigenvalue weighted by Crippen LogP contribution is 2.19. The first kappa shape index (κ1) is 21.8. The first-order valence-electron chi connectivity index (χ1n) is 11.5. The maximum atomic E-state index is 12.9. The Morgan fingerprint density at radius 3 is 2.59 bits per heavy atom.